The van der Waals surface area contributed by atoms with E-state index < -0.39 is 45.2 Å². The first-order valence-corrected chi connectivity index (χ1v) is 19.1. The number of aliphatic hydroxyl groups excluding tert-OH is 1. The number of carbonyl (C=O) groups excluding carboxylic acids is 2. The van der Waals surface area contributed by atoms with E-state index in [-0.39, 0.29) is 19.6 Å². The third-order valence-corrected chi connectivity index (χ3v) is 8.56. The van der Waals surface area contributed by atoms with Crippen LogP contribution in [0, 0.1) is 0 Å². The van der Waals surface area contributed by atoms with Gasteiger partial charge in [-0.15, -0.1) is 9.05 Å². The first-order valence-electron chi connectivity index (χ1n) is 18.0. The highest BCUT2D eigenvalue weighted by molar-refractivity contribution is 7.33. The molecule has 266 valence electrons. The van der Waals surface area contributed by atoms with Gasteiger partial charge in [-0.3, -0.25) is 4.79 Å². The Morgan fingerprint density at radius 3 is 1.56 bits per heavy atom. The molecule has 0 aliphatic carbocycles. The Labute approximate surface area is 274 Å². The minimum atomic E-state index is -2.70. The highest BCUT2D eigenvalue weighted by Crippen LogP contribution is 2.24. The normalized spacial score (nSPS) is 13.8. The van der Waals surface area contributed by atoms with Gasteiger partial charge in [-0.2, -0.15) is 0 Å². The van der Waals surface area contributed by atoms with Gasteiger partial charge in [-0.25, -0.2) is 0 Å². The van der Waals surface area contributed by atoms with Crippen LogP contribution in [0.25, 0.3) is 0 Å². The molecule has 2 unspecified atom stereocenters. The molecule has 0 saturated carbocycles. The molecule has 0 rings (SSSR count). The molecular formula is C34H66NO9P. The van der Waals surface area contributed by atoms with Gasteiger partial charge < -0.3 is 30.2 Å². The van der Waals surface area contributed by atoms with Crippen LogP contribution in [0.5, 0.6) is 0 Å². The van der Waals surface area contributed by atoms with Crippen molar-refractivity contribution in [3.05, 3.63) is 0 Å². The average Bonchev–Trinajstić information content (AvgIpc) is 3.02. The van der Waals surface area contributed by atoms with Crippen molar-refractivity contribution >= 4 is 20.2 Å². The lowest BCUT2D eigenvalue weighted by molar-refractivity contribution is -0.307. The Morgan fingerprint density at radius 2 is 1.09 bits per heavy atom. The maximum absolute atomic E-state index is 12.5. The topological polar surface area (TPSA) is 157 Å². The minimum Gasteiger partial charge on any atom is -0.548 e. The average molecular weight is 664 g/mol. The summed E-state index contributed by atoms with van der Waals surface area (Å²) >= 11 is 0. The molecule has 0 saturated heterocycles. The maximum Gasteiger partial charge on any atom is 0.697 e. The summed E-state index contributed by atoms with van der Waals surface area (Å²) in [7, 11) is -2.70. The number of esters is 1. The number of ether oxygens (including phenoxy) is 2. The van der Waals surface area contributed by atoms with Gasteiger partial charge >= 0.3 is 14.2 Å². The zero-order chi connectivity index (χ0) is 33.4. The van der Waals surface area contributed by atoms with Crippen molar-refractivity contribution < 1.29 is 42.9 Å². The monoisotopic (exact) mass is 663 g/mol. The van der Waals surface area contributed by atoms with Crippen molar-refractivity contribution in [1.29, 1.82) is 0 Å². The molecule has 0 radical (unpaired) electrons. The van der Waals surface area contributed by atoms with Crippen molar-refractivity contribution in [3.63, 3.8) is 0 Å². The molecule has 0 amide bonds. The molecule has 45 heavy (non-hydrogen) atoms. The standard InChI is InChI=1S/C34H66NO9P/c1-3-5-7-9-11-13-15-17-19-21-23-25-32(36)41-27-30(28-42-45(40)43-29-31(35)34(38)39)44-33(37)26-24-22-20-18-16-14-12-10-8-6-4-2/h30-32,36H,3-29,35H2,1-2H3/t30-,31+,32?/m1/s1. The number of carbonyl (C=O) groups is 2. The van der Waals surface area contributed by atoms with Crippen molar-refractivity contribution in [1.82, 2.24) is 0 Å². The lowest BCUT2D eigenvalue weighted by Gasteiger charge is -2.18. The fourth-order valence-electron chi connectivity index (χ4n) is 4.97. The summed E-state index contributed by atoms with van der Waals surface area (Å²) < 4.78 is 33.0. The molecule has 0 spiro atoms. The molecule has 10 nitrogen and oxygen atoms in total. The van der Waals surface area contributed by atoms with E-state index in [1.165, 1.54) is 103 Å². The highest BCUT2D eigenvalue weighted by Gasteiger charge is 2.27. The second-order valence-corrected chi connectivity index (χ2v) is 13.2. The van der Waals surface area contributed by atoms with Crippen LogP contribution >= 0.6 is 8.25 Å². The summed E-state index contributed by atoms with van der Waals surface area (Å²) in [6, 6.07) is -1.44. The molecule has 3 N–H and O–H groups in total. The van der Waals surface area contributed by atoms with E-state index in [0.717, 1.165) is 32.1 Å². The predicted molar refractivity (Wildman–Crippen MR) is 176 cm³/mol. The van der Waals surface area contributed by atoms with E-state index in [4.69, 9.17) is 24.3 Å². The lowest BCUT2D eigenvalue weighted by atomic mass is 10.1. The van der Waals surface area contributed by atoms with Gasteiger partial charge in [0.2, 0.25) is 0 Å². The van der Waals surface area contributed by atoms with Crippen LogP contribution < -0.4 is 10.8 Å². The number of hydrogen-bond acceptors (Lipinski definition) is 10. The summed E-state index contributed by atoms with van der Waals surface area (Å²) in [5.41, 5.74) is 5.29. The first-order chi connectivity index (χ1) is 21.8. The van der Waals surface area contributed by atoms with Crippen LogP contribution in [-0.4, -0.2) is 55.3 Å². The van der Waals surface area contributed by atoms with Crippen molar-refractivity contribution in [2.45, 2.75) is 186 Å². The van der Waals surface area contributed by atoms with Crippen molar-refractivity contribution in [2.75, 3.05) is 19.8 Å². The summed E-state index contributed by atoms with van der Waals surface area (Å²) in [6.45, 7) is 3.47. The van der Waals surface area contributed by atoms with E-state index in [1.54, 1.807) is 0 Å². The Morgan fingerprint density at radius 1 is 0.667 bits per heavy atom. The zero-order valence-electron chi connectivity index (χ0n) is 28.6. The number of nitrogens with two attached hydrogens (primary N) is 1. The Bertz CT molecular complexity index is 713. The summed E-state index contributed by atoms with van der Waals surface area (Å²) in [5.74, 6) is -1.95. The molecule has 0 bridgehead atoms. The predicted octanol–water partition coefficient (Wildman–Crippen LogP) is 7.40. The zero-order valence-corrected chi connectivity index (χ0v) is 29.5. The quantitative estimate of drug-likeness (QED) is 0.0303. The number of aliphatic carboxylic acids is 1. The molecule has 0 aliphatic heterocycles. The molecule has 11 heteroatoms. The third kappa shape index (κ3) is 31.2. The summed E-state index contributed by atoms with van der Waals surface area (Å²) in [6.07, 6.45) is 25.0. The molecule has 0 aromatic carbocycles. The smallest absolute Gasteiger partial charge is 0.548 e. The number of rotatable bonds is 35. The van der Waals surface area contributed by atoms with Gasteiger partial charge in [-0.05, 0) is 19.3 Å². The molecular weight excluding hydrogens is 597 g/mol. The summed E-state index contributed by atoms with van der Waals surface area (Å²) in [4.78, 5) is 23.2. The fraction of sp³-hybridized carbons (Fsp3) is 0.941. The SMILES string of the molecule is CCCCCCCCCCCCCC(=O)O[C@H](COC(O)CCCCCCCCCCCCC)CO[P+](=O)OC[C@H](N)C(=O)[O-]. The van der Waals surface area contributed by atoms with Crippen LogP contribution in [0.1, 0.15) is 168 Å². The maximum atomic E-state index is 12.5. The first kappa shape index (κ1) is 43.8. The second-order valence-electron chi connectivity index (χ2n) is 12.3. The second kappa shape index (κ2) is 32.8. The minimum absolute atomic E-state index is 0.134. The van der Waals surface area contributed by atoms with E-state index in [2.05, 4.69) is 13.8 Å². The molecule has 4 atom stereocenters. The number of unbranched alkanes of at least 4 members (excludes halogenated alkanes) is 20. The van der Waals surface area contributed by atoms with E-state index >= 15 is 0 Å². The van der Waals surface area contributed by atoms with Gasteiger partial charge in [0.15, 0.2) is 12.4 Å². The molecule has 0 fully saturated rings. The van der Waals surface area contributed by atoms with Crippen LogP contribution in [-0.2, 0) is 32.7 Å². The van der Waals surface area contributed by atoms with E-state index in [9.17, 15) is 24.4 Å². The fourth-order valence-corrected chi connectivity index (χ4v) is 5.61. The van der Waals surface area contributed by atoms with Gasteiger partial charge in [0.05, 0.1) is 18.6 Å². The van der Waals surface area contributed by atoms with Crippen molar-refractivity contribution in [3.8, 4) is 0 Å². The van der Waals surface area contributed by atoms with Crippen LogP contribution in [0.15, 0.2) is 0 Å². The lowest BCUT2D eigenvalue weighted by Crippen LogP contribution is -2.44. The van der Waals surface area contributed by atoms with Crippen LogP contribution in [0.2, 0.25) is 0 Å². The van der Waals surface area contributed by atoms with Gasteiger partial charge in [-0.1, -0.05) is 142 Å². The highest BCUT2D eigenvalue weighted by atomic mass is 31.1. The Balaban J connectivity index is 4.32. The van der Waals surface area contributed by atoms with E-state index in [1.807, 2.05) is 0 Å². The molecule has 0 aromatic rings. The van der Waals surface area contributed by atoms with Gasteiger partial charge in [0.1, 0.15) is 13.2 Å². The number of aliphatic hydroxyl groups is 1. The van der Waals surface area contributed by atoms with Crippen LogP contribution in [0.4, 0.5) is 0 Å². The van der Waals surface area contributed by atoms with Crippen molar-refractivity contribution in [2.24, 2.45) is 5.73 Å². The molecule has 0 aromatic heterocycles. The summed E-state index contributed by atoms with van der Waals surface area (Å²) in [5, 5.41) is 21.0. The Kier molecular flexibility index (Phi) is 31.9. The van der Waals surface area contributed by atoms with E-state index in [0.29, 0.717) is 12.8 Å². The van der Waals surface area contributed by atoms with Gasteiger partial charge in [0.25, 0.3) is 0 Å². The largest absolute Gasteiger partial charge is 0.697 e. The van der Waals surface area contributed by atoms with Crippen LogP contribution in [0.3, 0.4) is 0 Å². The molecule has 0 heterocycles. The van der Waals surface area contributed by atoms with Gasteiger partial charge in [0, 0.05) is 11.0 Å². The molecule has 0 aliphatic rings. The number of carboxylic acids is 1. The number of hydrogen-bond donors (Lipinski definition) is 2. The third-order valence-electron chi connectivity index (χ3n) is 7.84. The Hall–Kier alpha value is -1.16. The number of carboxylic acid groups (broad SMARTS) is 1.